The maximum Gasteiger partial charge on any atom is 0.421 e. The van der Waals surface area contributed by atoms with Crippen molar-refractivity contribution in [3.63, 3.8) is 0 Å². The predicted octanol–water partition coefficient (Wildman–Crippen LogP) is 6.56. The minimum atomic E-state index is -4.77. The average molecular weight is 694 g/mol. The topological polar surface area (TPSA) is 132 Å². The second-order valence-corrected chi connectivity index (χ2v) is 16.0. The Labute approximate surface area is 283 Å². The van der Waals surface area contributed by atoms with Crippen LogP contribution in [0, 0.1) is 17.2 Å². The molecule has 0 bridgehead atoms. The monoisotopic (exact) mass is 693 g/mol. The third kappa shape index (κ3) is 7.28. The molecule has 0 atom stereocenters. The molecule has 4 aromatic rings. The van der Waals surface area contributed by atoms with Crippen molar-refractivity contribution in [3.8, 4) is 11.8 Å². The van der Waals surface area contributed by atoms with Crippen LogP contribution >= 0.6 is 7.14 Å². The van der Waals surface area contributed by atoms with Crippen molar-refractivity contribution in [3.05, 3.63) is 54.0 Å². The zero-order chi connectivity index (χ0) is 34.9. The zero-order valence-electron chi connectivity index (χ0n) is 27.9. The molecule has 2 aliphatic rings. The van der Waals surface area contributed by atoms with Crippen molar-refractivity contribution in [2.75, 3.05) is 62.2 Å². The number of benzene rings is 2. The number of methoxy groups -OCH3 is 1. The molecule has 0 saturated carbocycles. The molecular weight excluding hydrogens is 654 g/mol. The summed E-state index contributed by atoms with van der Waals surface area (Å²) in [6, 6.07) is 9.82. The van der Waals surface area contributed by atoms with Gasteiger partial charge in [0.1, 0.15) is 29.8 Å². The Balaban J connectivity index is 1.27. The predicted molar refractivity (Wildman–Crippen MR) is 185 cm³/mol. The molecule has 0 unspecified atom stereocenters. The number of piperidine rings is 1. The molecule has 2 aliphatic heterocycles. The molecule has 258 valence electrons. The van der Waals surface area contributed by atoms with Crippen molar-refractivity contribution >= 4 is 52.3 Å². The summed E-state index contributed by atoms with van der Waals surface area (Å²) in [4.78, 5) is 21.7. The van der Waals surface area contributed by atoms with Gasteiger partial charge in [-0.1, -0.05) is 6.92 Å². The Morgan fingerprint density at radius 1 is 1.06 bits per heavy atom. The van der Waals surface area contributed by atoms with Crippen molar-refractivity contribution in [1.82, 2.24) is 24.8 Å². The van der Waals surface area contributed by atoms with Crippen molar-refractivity contribution in [2.45, 2.75) is 44.8 Å². The normalized spacial score (nSPS) is 16.3. The van der Waals surface area contributed by atoms with Crippen LogP contribution in [0.15, 0.2) is 42.9 Å². The fourth-order valence-corrected chi connectivity index (χ4v) is 8.15. The van der Waals surface area contributed by atoms with Gasteiger partial charge in [0.25, 0.3) is 0 Å². The summed E-state index contributed by atoms with van der Waals surface area (Å²) in [5, 5.41) is 15.1. The number of nitrogens with one attached hydrogen (secondary N) is 2. The summed E-state index contributed by atoms with van der Waals surface area (Å²) in [7, 11) is -1.50. The van der Waals surface area contributed by atoms with Gasteiger partial charge in [0.15, 0.2) is 0 Å². The first-order chi connectivity index (χ1) is 23.4. The molecule has 0 amide bonds. The van der Waals surface area contributed by atoms with Gasteiger partial charge in [-0.3, -0.25) is 14.9 Å². The maximum absolute atomic E-state index is 14.2. The average Bonchev–Trinajstić information content (AvgIpc) is 3.05. The molecule has 49 heavy (non-hydrogen) atoms. The number of nitriles is 1. The highest BCUT2D eigenvalue weighted by molar-refractivity contribution is 7.71. The number of hydrogen-bond donors (Lipinski definition) is 2. The van der Waals surface area contributed by atoms with E-state index in [9.17, 15) is 17.7 Å². The number of nitrogens with zero attached hydrogens (tertiary/aromatic N) is 7. The number of rotatable bonds is 10. The maximum atomic E-state index is 14.2. The summed E-state index contributed by atoms with van der Waals surface area (Å²) in [5.74, 6) is 0.407. The van der Waals surface area contributed by atoms with E-state index in [1.54, 1.807) is 13.2 Å². The minimum Gasteiger partial charge on any atom is -0.494 e. The molecular formula is C34H39F3N9O2P. The number of halogens is 3. The van der Waals surface area contributed by atoms with Crippen LogP contribution in [0.5, 0.6) is 5.75 Å². The lowest BCUT2D eigenvalue weighted by atomic mass is 9.91. The van der Waals surface area contributed by atoms with Crippen LogP contribution in [0.3, 0.4) is 0 Å². The van der Waals surface area contributed by atoms with Gasteiger partial charge in [-0.25, -0.2) is 4.98 Å². The highest BCUT2D eigenvalue weighted by Gasteiger charge is 2.37. The molecule has 2 aromatic heterocycles. The van der Waals surface area contributed by atoms with Crippen molar-refractivity contribution < 1.29 is 22.5 Å². The van der Waals surface area contributed by atoms with E-state index in [0.29, 0.717) is 40.9 Å². The van der Waals surface area contributed by atoms with Gasteiger partial charge in [0.2, 0.25) is 5.95 Å². The van der Waals surface area contributed by atoms with E-state index < -0.39 is 24.7 Å². The van der Waals surface area contributed by atoms with E-state index in [1.807, 2.05) is 12.1 Å². The highest BCUT2D eigenvalue weighted by Crippen LogP contribution is 2.43. The second-order valence-electron chi connectivity index (χ2n) is 12.9. The number of aryl methyl sites for hydroxylation is 1. The van der Waals surface area contributed by atoms with Crippen LogP contribution < -0.4 is 25.6 Å². The molecule has 15 heteroatoms. The smallest absolute Gasteiger partial charge is 0.421 e. The summed E-state index contributed by atoms with van der Waals surface area (Å²) in [6.45, 7) is 8.87. The van der Waals surface area contributed by atoms with Gasteiger partial charge in [-0.2, -0.15) is 23.4 Å². The van der Waals surface area contributed by atoms with E-state index in [4.69, 9.17) is 10.00 Å². The van der Waals surface area contributed by atoms with E-state index in [0.717, 1.165) is 62.9 Å². The Morgan fingerprint density at radius 2 is 1.80 bits per heavy atom. The quantitative estimate of drug-likeness (QED) is 0.175. The third-order valence-corrected chi connectivity index (χ3v) is 10.7. The Bertz CT molecular complexity index is 1930. The lowest BCUT2D eigenvalue weighted by Crippen LogP contribution is -2.55. The molecule has 6 rings (SSSR count). The van der Waals surface area contributed by atoms with Crippen LogP contribution in [0.1, 0.15) is 37.3 Å². The fourth-order valence-electron chi connectivity index (χ4n) is 6.76. The Morgan fingerprint density at radius 3 is 2.45 bits per heavy atom. The zero-order valence-corrected chi connectivity index (χ0v) is 28.8. The molecule has 2 aromatic carbocycles. The molecule has 0 aliphatic carbocycles. The van der Waals surface area contributed by atoms with Crippen LogP contribution in [0.25, 0.3) is 11.0 Å². The summed E-state index contributed by atoms with van der Waals surface area (Å²) in [5.41, 5.74) is 2.54. The van der Waals surface area contributed by atoms with Gasteiger partial charge in [0.05, 0.1) is 35.4 Å². The summed E-state index contributed by atoms with van der Waals surface area (Å²) >= 11 is 0. The third-order valence-electron chi connectivity index (χ3n) is 9.21. The summed E-state index contributed by atoms with van der Waals surface area (Å²) < 4.78 is 61.8. The lowest BCUT2D eigenvalue weighted by molar-refractivity contribution is -0.137. The minimum absolute atomic E-state index is 0.0769. The van der Waals surface area contributed by atoms with E-state index >= 15 is 0 Å². The van der Waals surface area contributed by atoms with E-state index in [2.05, 4.69) is 53.4 Å². The summed E-state index contributed by atoms with van der Waals surface area (Å²) in [6.07, 6.45) is 2.29. The van der Waals surface area contributed by atoms with Crippen molar-refractivity contribution in [1.29, 1.82) is 5.26 Å². The molecule has 0 spiro atoms. The Hall–Kier alpha value is -4.47. The molecule has 0 radical (unpaired) electrons. The van der Waals surface area contributed by atoms with Crippen molar-refractivity contribution in [2.24, 2.45) is 5.92 Å². The number of alkyl halides is 3. The standard InChI is InChI=1S/C34H39F3N9O2P/c1-5-22-16-27(29(48-2)17-28(22)45-14-9-23(10-15-45)46-19-21(20-46)8-11-38)43-33-41-18-24(34(35,36)37)32(44-33)42-26-7-6-25-30(40-13-12-39-25)31(26)49(3,4)47/h6-7,12-13,16-18,21,23H,5,8-10,14-15,19-20H2,1-4H3,(H2,41,42,43,44). The van der Waals surface area contributed by atoms with Crippen LogP contribution in [0.4, 0.5) is 42.0 Å². The van der Waals surface area contributed by atoms with Gasteiger partial charge in [0, 0.05) is 69.0 Å². The van der Waals surface area contributed by atoms with Crippen LogP contribution in [-0.2, 0) is 17.2 Å². The first-order valence-corrected chi connectivity index (χ1v) is 18.8. The lowest BCUT2D eigenvalue weighted by Gasteiger charge is -2.47. The first kappa shape index (κ1) is 34.4. The molecule has 2 N–H and O–H groups in total. The number of hydrogen-bond acceptors (Lipinski definition) is 11. The van der Waals surface area contributed by atoms with Crippen LogP contribution in [0.2, 0.25) is 0 Å². The van der Waals surface area contributed by atoms with Gasteiger partial charge < -0.3 is 24.8 Å². The fraction of sp³-hybridized carbons (Fsp3) is 0.441. The number of fused-ring (bicyclic) bond motifs is 1. The molecule has 11 nitrogen and oxygen atoms in total. The number of likely N-dealkylation sites (tertiary alicyclic amines) is 1. The number of aromatic nitrogens is 4. The largest absolute Gasteiger partial charge is 0.494 e. The Kier molecular flexibility index (Phi) is 9.69. The molecule has 2 saturated heterocycles. The first-order valence-electron chi connectivity index (χ1n) is 16.2. The van der Waals surface area contributed by atoms with Crippen LogP contribution in [-0.4, -0.2) is 77.5 Å². The molecule has 4 heterocycles. The number of anilines is 5. The second kappa shape index (κ2) is 13.8. The van der Waals surface area contributed by atoms with Gasteiger partial charge in [-0.05, 0) is 62.3 Å². The highest BCUT2D eigenvalue weighted by atomic mass is 31.2. The van der Waals surface area contributed by atoms with E-state index in [1.165, 1.54) is 31.8 Å². The van der Waals surface area contributed by atoms with E-state index in [-0.39, 0.29) is 16.9 Å². The van der Waals surface area contributed by atoms with Gasteiger partial charge in [-0.15, -0.1) is 0 Å². The van der Waals surface area contributed by atoms with Gasteiger partial charge >= 0.3 is 6.18 Å². The molecule has 2 fully saturated rings. The number of ether oxygens (including phenoxy) is 1. The SMILES string of the molecule is CCc1cc(Nc2ncc(C(F)(F)F)c(Nc3ccc4nccnc4c3P(C)(C)=O)n2)c(OC)cc1N1CCC(N2CC(CC#N)C2)CC1.